The van der Waals surface area contributed by atoms with Crippen LogP contribution in [0.5, 0.6) is 0 Å². The van der Waals surface area contributed by atoms with Crippen LogP contribution in [-0.2, 0) is 4.74 Å². The Morgan fingerprint density at radius 2 is 1.77 bits per heavy atom. The van der Waals surface area contributed by atoms with Crippen LogP contribution in [-0.4, -0.2) is 31.6 Å². The molecule has 0 aliphatic heterocycles. The van der Waals surface area contributed by atoms with E-state index in [1.165, 1.54) is 12.0 Å². The Balaban J connectivity index is 2.59. The van der Waals surface area contributed by atoms with E-state index in [9.17, 15) is 0 Å². The van der Waals surface area contributed by atoms with Gasteiger partial charge < -0.3 is 9.64 Å². The minimum atomic E-state index is 0.00600. The van der Waals surface area contributed by atoms with Crippen molar-refractivity contribution in [2.75, 3.05) is 26.7 Å². The van der Waals surface area contributed by atoms with Gasteiger partial charge in [0, 0.05) is 6.54 Å². The van der Waals surface area contributed by atoms with Crippen molar-refractivity contribution in [1.82, 2.24) is 4.90 Å². The molecule has 1 aromatic rings. The second kappa shape index (κ2) is 12.0. The second-order valence-corrected chi connectivity index (χ2v) is 5.30. The first-order valence-corrected chi connectivity index (χ1v) is 8.09. The average Bonchev–Trinajstić information content (AvgIpc) is 2.54. The largest absolute Gasteiger partial charge is 0.368 e. The number of nitrogens with zero attached hydrogens (tertiary/aromatic N) is 1. The molecule has 0 aliphatic rings. The summed E-state index contributed by atoms with van der Waals surface area (Å²) in [6, 6.07) is 10.4. The van der Waals surface area contributed by atoms with Crippen molar-refractivity contribution >= 4 is 0 Å². The summed E-state index contributed by atoms with van der Waals surface area (Å²) in [5.41, 5.74) is 1.19. The van der Waals surface area contributed by atoms with Gasteiger partial charge >= 0.3 is 0 Å². The van der Waals surface area contributed by atoms with E-state index in [1.807, 2.05) is 43.4 Å². The van der Waals surface area contributed by atoms with Gasteiger partial charge in [-0.1, -0.05) is 73.7 Å². The number of allylic oxidation sites excluding steroid dienone is 5. The monoisotopic (exact) mass is 299 g/mol. The lowest BCUT2D eigenvalue weighted by Crippen LogP contribution is -2.24. The molecule has 0 saturated carbocycles. The molecule has 2 heteroatoms. The van der Waals surface area contributed by atoms with Gasteiger partial charge in [0.25, 0.3) is 0 Å². The molecule has 0 saturated heterocycles. The number of benzene rings is 1. The van der Waals surface area contributed by atoms with Crippen LogP contribution >= 0.6 is 0 Å². The molecule has 0 radical (unpaired) electrons. The summed E-state index contributed by atoms with van der Waals surface area (Å²) in [6.45, 7) is 7.01. The van der Waals surface area contributed by atoms with E-state index in [0.29, 0.717) is 0 Å². The zero-order valence-corrected chi connectivity index (χ0v) is 14.1. The molecule has 1 atom stereocenters. The first kappa shape index (κ1) is 18.4. The fraction of sp³-hybridized carbons (Fsp3) is 0.400. The summed E-state index contributed by atoms with van der Waals surface area (Å²) in [6.07, 6.45) is 13.4. The van der Waals surface area contributed by atoms with E-state index in [-0.39, 0.29) is 6.10 Å². The minimum Gasteiger partial charge on any atom is -0.368 e. The van der Waals surface area contributed by atoms with Crippen molar-refractivity contribution in [2.45, 2.75) is 26.4 Å². The Labute approximate surface area is 135 Å². The maximum Gasteiger partial charge on any atom is 0.101 e. The maximum atomic E-state index is 6.07. The van der Waals surface area contributed by atoms with Gasteiger partial charge in [0.2, 0.25) is 0 Å². The molecule has 0 fully saturated rings. The number of rotatable bonds is 10. The van der Waals surface area contributed by atoms with Gasteiger partial charge in [0.1, 0.15) is 6.10 Å². The predicted molar refractivity (Wildman–Crippen MR) is 96.0 cm³/mol. The molecule has 0 heterocycles. The number of hydrogen-bond acceptors (Lipinski definition) is 2. The Hall–Kier alpha value is -1.64. The van der Waals surface area contributed by atoms with Crippen molar-refractivity contribution in [3.63, 3.8) is 0 Å². The van der Waals surface area contributed by atoms with Crippen LogP contribution in [0.25, 0.3) is 0 Å². The topological polar surface area (TPSA) is 12.5 Å². The lowest BCUT2D eigenvalue weighted by molar-refractivity contribution is 0.0693. The fourth-order valence-corrected chi connectivity index (χ4v) is 2.14. The Bertz CT molecular complexity index is 462. The van der Waals surface area contributed by atoms with E-state index in [1.54, 1.807) is 0 Å². The van der Waals surface area contributed by atoms with Crippen LogP contribution in [0.1, 0.15) is 31.9 Å². The van der Waals surface area contributed by atoms with Gasteiger partial charge in [0.05, 0.1) is 6.61 Å². The van der Waals surface area contributed by atoms with Gasteiger partial charge in [-0.25, -0.2) is 0 Å². The zero-order chi connectivity index (χ0) is 16.0. The smallest absolute Gasteiger partial charge is 0.101 e. The van der Waals surface area contributed by atoms with Gasteiger partial charge in [-0.05, 0) is 32.5 Å². The maximum absolute atomic E-state index is 6.07. The molecular formula is C20H29NO. The van der Waals surface area contributed by atoms with Crippen LogP contribution in [0.15, 0.2) is 66.8 Å². The SMILES string of the molecule is C\C=C/C=C\C=C\C(OCCN(C)CCC)c1ccccc1. The predicted octanol–water partition coefficient (Wildman–Crippen LogP) is 4.77. The number of hydrogen-bond donors (Lipinski definition) is 0. The van der Waals surface area contributed by atoms with Crippen LogP contribution < -0.4 is 0 Å². The minimum absolute atomic E-state index is 0.00600. The van der Waals surface area contributed by atoms with E-state index < -0.39 is 0 Å². The molecule has 1 rings (SSSR count). The molecule has 0 aromatic heterocycles. The van der Waals surface area contributed by atoms with Gasteiger partial charge in [-0.15, -0.1) is 0 Å². The Morgan fingerprint density at radius 3 is 2.45 bits per heavy atom. The summed E-state index contributed by atoms with van der Waals surface area (Å²) < 4.78 is 6.07. The third-order valence-electron chi connectivity index (χ3n) is 3.32. The lowest BCUT2D eigenvalue weighted by Gasteiger charge is -2.19. The van der Waals surface area contributed by atoms with Crippen molar-refractivity contribution in [2.24, 2.45) is 0 Å². The first-order chi connectivity index (χ1) is 10.8. The van der Waals surface area contributed by atoms with Crippen molar-refractivity contribution in [3.05, 3.63) is 72.4 Å². The fourth-order valence-electron chi connectivity index (χ4n) is 2.14. The highest BCUT2D eigenvalue weighted by molar-refractivity contribution is 5.23. The van der Waals surface area contributed by atoms with Crippen molar-refractivity contribution in [1.29, 1.82) is 0 Å². The molecule has 120 valence electrons. The third kappa shape index (κ3) is 7.96. The first-order valence-electron chi connectivity index (χ1n) is 8.09. The molecule has 22 heavy (non-hydrogen) atoms. The summed E-state index contributed by atoms with van der Waals surface area (Å²) in [5, 5.41) is 0. The number of ether oxygens (including phenoxy) is 1. The molecule has 0 bridgehead atoms. The third-order valence-corrected chi connectivity index (χ3v) is 3.32. The zero-order valence-electron chi connectivity index (χ0n) is 14.1. The highest BCUT2D eigenvalue weighted by atomic mass is 16.5. The number of likely N-dealkylation sites (N-methyl/N-ethyl adjacent to an activating group) is 1. The average molecular weight is 299 g/mol. The van der Waals surface area contributed by atoms with E-state index in [2.05, 4.69) is 49.2 Å². The lowest BCUT2D eigenvalue weighted by atomic mass is 10.1. The van der Waals surface area contributed by atoms with Crippen molar-refractivity contribution in [3.8, 4) is 0 Å². The summed E-state index contributed by atoms with van der Waals surface area (Å²) in [4.78, 5) is 2.30. The van der Waals surface area contributed by atoms with Crippen LogP contribution in [0.3, 0.4) is 0 Å². The van der Waals surface area contributed by atoms with Crippen LogP contribution in [0.4, 0.5) is 0 Å². The molecule has 0 spiro atoms. The quantitative estimate of drug-likeness (QED) is 0.577. The second-order valence-electron chi connectivity index (χ2n) is 5.30. The highest BCUT2D eigenvalue weighted by Gasteiger charge is 2.08. The molecular weight excluding hydrogens is 270 g/mol. The highest BCUT2D eigenvalue weighted by Crippen LogP contribution is 2.18. The summed E-state index contributed by atoms with van der Waals surface area (Å²) in [5.74, 6) is 0. The van der Waals surface area contributed by atoms with Gasteiger partial charge in [-0.2, -0.15) is 0 Å². The van der Waals surface area contributed by atoms with Gasteiger partial charge in [0.15, 0.2) is 0 Å². The molecule has 0 amide bonds. The van der Waals surface area contributed by atoms with Gasteiger partial charge in [-0.3, -0.25) is 0 Å². The van der Waals surface area contributed by atoms with E-state index in [0.717, 1.165) is 19.7 Å². The molecule has 0 aliphatic carbocycles. The molecule has 1 aromatic carbocycles. The van der Waals surface area contributed by atoms with Crippen LogP contribution in [0, 0.1) is 0 Å². The Kier molecular flexibility index (Phi) is 10.0. The molecule has 1 unspecified atom stereocenters. The van der Waals surface area contributed by atoms with Crippen molar-refractivity contribution < 1.29 is 4.74 Å². The van der Waals surface area contributed by atoms with E-state index in [4.69, 9.17) is 4.74 Å². The normalized spacial score (nSPS) is 13.8. The van der Waals surface area contributed by atoms with Crippen LogP contribution in [0.2, 0.25) is 0 Å². The van der Waals surface area contributed by atoms with E-state index >= 15 is 0 Å². The standard InChI is InChI=1S/C20H29NO/c1-4-6-7-8-12-15-20(19-13-10-9-11-14-19)22-18-17-21(3)16-5-2/h4,6-15,20H,5,16-18H2,1-3H3/b6-4-,8-7-,15-12+. The summed E-state index contributed by atoms with van der Waals surface area (Å²) in [7, 11) is 2.14. The molecule has 2 nitrogen and oxygen atoms in total. The molecule has 0 N–H and O–H groups in total. The Morgan fingerprint density at radius 1 is 1.05 bits per heavy atom. The summed E-state index contributed by atoms with van der Waals surface area (Å²) >= 11 is 0.